The second-order valence-corrected chi connectivity index (χ2v) is 5.35. The molecular weight excluding hydrogens is 228 g/mol. The molecule has 0 N–H and O–H groups in total. The normalized spacial score (nSPS) is 13.8. The van der Waals surface area contributed by atoms with Gasteiger partial charge in [-0.15, -0.1) is 0 Å². The minimum atomic E-state index is 0.638. The fraction of sp³-hybridized carbons (Fsp3) is 0.0526. The highest BCUT2D eigenvalue weighted by Gasteiger charge is 2.18. The van der Waals surface area contributed by atoms with Gasteiger partial charge in [-0.05, 0) is 49.9 Å². The van der Waals surface area contributed by atoms with Crippen molar-refractivity contribution in [1.82, 2.24) is 0 Å². The first-order valence-corrected chi connectivity index (χ1v) is 6.68. The third-order valence-corrected chi connectivity index (χ3v) is 4.32. The van der Waals surface area contributed by atoms with Gasteiger partial charge in [-0.3, -0.25) is 0 Å². The molecule has 19 heavy (non-hydrogen) atoms. The predicted octanol–water partition coefficient (Wildman–Crippen LogP) is 5.05. The van der Waals surface area contributed by atoms with Gasteiger partial charge >= 0.3 is 0 Å². The van der Waals surface area contributed by atoms with E-state index in [1.807, 2.05) is 6.07 Å². The lowest BCUT2D eigenvalue weighted by Gasteiger charge is -2.07. The standard InChI is InChI=1S/C19H12/c1-2-7-16-13(4-1)10-15-11-14-6-3-5-12-8-9-17(16)19(15)18(12)14/h1-10H,11H2/i8D. The van der Waals surface area contributed by atoms with Crippen LogP contribution < -0.4 is 0 Å². The van der Waals surface area contributed by atoms with Crippen LogP contribution in [0.5, 0.6) is 0 Å². The van der Waals surface area contributed by atoms with E-state index in [1.165, 1.54) is 38.1 Å². The fourth-order valence-corrected chi connectivity index (χ4v) is 3.54. The van der Waals surface area contributed by atoms with Crippen LogP contribution in [0.3, 0.4) is 0 Å². The molecule has 0 aromatic heterocycles. The molecule has 1 aliphatic carbocycles. The summed E-state index contributed by atoms with van der Waals surface area (Å²) in [7, 11) is 0. The average molecular weight is 241 g/mol. The van der Waals surface area contributed by atoms with E-state index in [4.69, 9.17) is 1.37 Å². The molecule has 4 aromatic carbocycles. The van der Waals surface area contributed by atoms with Gasteiger partial charge in [-0.25, -0.2) is 0 Å². The molecule has 0 heteroatoms. The molecular formula is C19H12. The van der Waals surface area contributed by atoms with Crippen molar-refractivity contribution in [3.63, 3.8) is 0 Å². The van der Waals surface area contributed by atoms with Gasteiger partial charge in [0.1, 0.15) is 0 Å². The van der Waals surface area contributed by atoms with Crippen molar-refractivity contribution in [1.29, 1.82) is 0 Å². The molecule has 0 radical (unpaired) electrons. The third kappa shape index (κ3) is 1.09. The Morgan fingerprint density at radius 1 is 0.737 bits per heavy atom. The summed E-state index contributed by atoms with van der Waals surface area (Å²) < 4.78 is 8.34. The van der Waals surface area contributed by atoms with Crippen LogP contribution in [0.4, 0.5) is 0 Å². The highest BCUT2D eigenvalue weighted by Crippen LogP contribution is 2.41. The molecule has 0 unspecified atom stereocenters. The molecule has 88 valence electrons. The van der Waals surface area contributed by atoms with Crippen molar-refractivity contribution < 1.29 is 1.37 Å². The van der Waals surface area contributed by atoms with Gasteiger partial charge in [-0.2, -0.15) is 0 Å². The lowest BCUT2D eigenvalue weighted by atomic mass is 9.97. The number of rotatable bonds is 0. The Kier molecular flexibility index (Phi) is 1.45. The van der Waals surface area contributed by atoms with Crippen molar-refractivity contribution in [2.75, 3.05) is 0 Å². The van der Waals surface area contributed by atoms with E-state index in [0.717, 1.165) is 11.8 Å². The maximum Gasteiger partial charge on any atom is 0.0629 e. The van der Waals surface area contributed by atoms with Gasteiger partial charge in [0.2, 0.25) is 0 Å². The Hall–Kier alpha value is -2.34. The van der Waals surface area contributed by atoms with Crippen molar-refractivity contribution >= 4 is 32.3 Å². The van der Waals surface area contributed by atoms with E-state index >= 15 is 0 Å². The Bertz CT molecular complexity index is 1030. The average Bonchev–Trinajstić information content (AvgIpc) is 2.84. The number of hydrogen-bond donors (Lipinski definition) is 0. The maximum absolute atomic E-state index is 8.34. The van der Waals surface area contributed by atoms with Gasteiger partial charge in [0.15, 0.2) is 0 Å². The highest BCUT2D eigenvalue weighted by molar-refractivity contribution is 6.21. The van der Waals surface area contributed by atoms with Gasteiger partial charge in [0, 0.05) is 0 Å². The first-order valence-electron chi connectivity index (χ1n) is 7.18. The molecule has 0 heterocycles. The second kappa shape index (κ2) is 3.16. The van der Waals surface area contributed by atoms with Gasteiger partial charge in [0.25, 0.3) is 0 Å². The van der Waals surface area contributed by atoms with Crippen LogP contribution in [0.2, 0.25) is 0 Å². The zero-order valence-electron chi connectivity index (χ0n) is 11.4. The van der Waals surface area contributed by atoms with Crippen LogP contribution in [0, 0.1) is 0 Å². The SMILES string of the molecule is [2H]c1cc2c3ccccc3cc3c2c2c(cccc12)C3. The molecule has 1 aliphatic rings. The molecule has 0 spiro atoms. The Balaban J connectivity index is 2.18. The highest BCUT2D eigenvalue weighted by atomic mass is 14.2. The zero-order valence-corrected chi connectivity index (χ0v) is 10.4. The van der Waals surface area contributed by atoms with Crippen molar-refractivity contribution in [2.45, 2.75) is 6.42 Å². The molecule has 0 bridgehead atoms. The van der Waals surface area contributed by atoms with Crippen molar-refractivity contribution in [2.24, 2.45) is 0 Å². The molecule has 4 aromatic rings. The van der Waals surface area contributed by atoms with E-state index in [9.17, 15) is 0 Å². The summed E-state index contributed by atoms with van der Waals surface area (Å²) in [5, 5.41) is 7.53. The van der Waals surface area contributed by atoms with Crippen LogP contribution in [-0.4, -0.2) is 0 Å². The van der Waals surface area contributed by atoms with Crippen LogP contribution in [-0.2, 0) is 6.42 Å². The minimum Gasteiger partial charge on any atom is -0.0616 e. The summed E-state index contributed by atoms with van der Waals surface area (Å²) in [4.78, 5) is 0. The van der Waals surface area contributed by atoms with Gasteiger partial charge < -0.3 is 0 Å². The lowest BCUT2D eigenvalue weighted by Crippen LogP contribution is -1.82. The van der Waals surface area contributed by atoms with Crippen LogP contribution >= 0.6 is 0 Å². The summed E-state index contributed by atoms with van der Waals surface area (Å²) >= 11 is 0. The topological polar surface area (TPSA) is 0 Å². The molecule has 0 aliphatic heterocycles. The lowest BCUT2D eigenvalue weighted by molar-refractivity contribution is 1.28. The van der Waals surface area contributed by atoms with E-state index in [2.05, 4.69) is 48.5 Å². The number of fused-ring (bicyclic) bond motifs is 2. The zero-order chi connectivity index (χ0) is 13.3. The Morgan fingerprint density at radius 2 is 1.63 bits per heavy atom. The molecule has 0 atom stereocenters. The van der Waals surface area contributed by atoms with Crippen LogP contribution in [0.25, 0.3) is 32.3 Å². The van der Waals surface area contributed by atoms with Crippen molar-refractivity contribution in [3.8, 4) is 0 Å². The Morgan fingerprint density at radius 3 is 2.63 bits per heavy atom. The Labute approximate surface area is 112 Å². The quantitative estimate of drug-likeness (QED) is 0.333. The largest absolute Gasteiger partial charge is 0.0629 e. The summed E-state index contributed by atoms with van der Waals surface area (Å²) in [6.07, 6.45) is 0.997. The summed E-state index contributed by atoms with van der Waals surface area (Å²) in [5.41, 5.74) is 2.77. The maximum atomic E-state index is 8.34. The molecule has 0 amide bonds. The van der Waals surface area contributed by atoms with Gasteiger partial charge in [-0.1, -0.05) is 60.6 Å². The number of benzene rings is 4. The second-order valence-electron chi connectivity index (χ2n) is 5.35. The molecule has 0 nitrogen and oxygen atoms in total. The first-order chi connectivity index (χ1) is 9.83. The molecule has 0 saturated carbocycles. The molecule has 0 fully saturated rings. The summed E-state index contributed by atoms with van der Waals surface area (Å²) in [5.74, 6) is 0. The van der Waals surface area contributed by atoms with Crippen LogP contribution in [0.15, 0.2) is 60.6 Å². The summed E-state index contributed by atoms with van der Waals surface area (Å²) in [6.45, 7) is 0. The third-order valence-electron chi connectivity index (χ3n) is 4.32. The fourth-order valence-electron chi connectivity index (χ4n) is 3.54. The van der Waals surface area contributed by atoms with E-state index in [1.54, 1.807) is 0 Å². The monoisotopic (exact) mass is 241 g/mol. The predicted molar refractivity (Wildman–Crippen MR) is 81.8 cm³/mol. The van der Waals surface area contributed by atoms with Crippen LogP contribution in [0.1, 0.15) is 12.5 Å². The minimum absolute atomic E-state index is 0.638. The van der Waals surface area contributed by atoms with Crippen molar-refractivity contribution in [3.05, 3.63) is 71.8 Å². The van der Waals surface area contributed by atoms with E-state index < -0.39 is 0 Å². The van der Waals surface area contributed by atoms with E-state index in [-0.39, 0.29) is 0 Å². The summed E-state index contributed by atoms with van der Waals surface area (Å²) in [6, 6.07) is 19.9. The molecule has 5 rings (SSSR count). The smallest absolute Gasteiger partial charge is 0.0616 e. The van der Waals surface area contributed by atoms with Gasteiger partial charge in [0.05, 0.1) is 1.37 Å². The van der Waals surface area contributed by atoms with E-state index in [0.29, 0.717) is 6.04 Å². The molecule has 0 saturated heterocycles. The number of hydrogen-bond acceptors (Lipinski definition) is 0. The first kappa shape index (κ1) is 8.71.